The Morgan fingerprint density at radius 2 is 2.00 bits per heavy atom. The van der Waals surface area contributed by atoms with E-state index in [1.165, 1.54) is 0 Å². The molecule has 0 aromatic carbocycles. The molecule has 0 fully saturated rings. The minimum absolute atomic E-state index is 0.330. The van der Waals surface area contributed by atoms with Gasteiger partial charge in [-0.25, -0.2) is 10.7 Å². The monoisotopic (exact) mass is 206 g/mol. The summed E-state index contributed by atoms with van der Waals surface area (Å²) >= 11 is 0. The van der Waals surface area contributed by atoms with Gasteiger partial charge in [0, 0.05) is 0 Å². The van der Waals surface area contributed by atoms with Crippen molar-refractivity contribution in [2.45, 2.75) is 32.8 Å². The summed E-state index contributed by atoms with van der Waals surface area (Å²) in [6.07, 6.45) is -0.00193. The molecule has 0 saturated carbocycles. The Hall–Kier alpha value is -0.850. The first-order valence-electron chi connectivity index (χ1n) is 4.38. The minimum Gasteiger partial charge on any atom is -0.442 e. The van der Waals surface area contributed by atoms with E-state index in [2.05, 4.69) is 10.3 Å². The fourth-order valence-electron chi connectivity index (χ4n) is 0.623. The van der Waals surface area contributed by atoms with Gasteiger partial charge in [-0.05, 0) is 27.2 Å². The highest BCUT2D eigenvalue weighted by Gasteiger charge is 2.15. The van der Waals surface area contributed by atoms with Gasteiger partial charge in [0.05, 0.1) is 13.2 Å². The zero-order valence-corrected chi connectivity index (χ0v) is 8.83. The summed E-state index contributed by atoms with van der Waals surface area (Å²) in [4.78, 5) is 20.1. The molecule has 0 aliphatic heterocycles. The van der Waals surface area contributed by atoms with Gasteiger partial charge in [-0.15, -0.1) is 0 Å². The Bertz CT molecular complexity index is 167. The maximum Gasteiger partial charge on any atom is 0.431 e. The first kappa shape index (κ1) is 13.2. The normalized spacial score (nSPS) is 11.1. The van der Waals surface area contributed by atoms with Crippen molar-refractivity contribution in [1.29, 1.82) is 0 Å². The number of hydrogen-bond donors (Lipinski definition) is 2. The van der Waals surface area contributed by atoms with E-state index in [4.69, 9.17) is 15.5 Å². The molecule has 0 spiro atoms. The van der Waals surface area contributed by atoms with Gasteiger partial charge in [-0.1, -0.05) is 0 Å². The summed E-state index contributed by atoms with van der Waals surface area (Å²) < 4.78 is 4.91. The van der Waals surface area contributed by atoms with E-state index in [9.17, 15) is 4.79 Å². The molecule has 0 heterocycles. The molecule has 0 aliphatic rings. The first-order valence-corrected chi connectivity index (χ1v) is 4.38. The number of nitrogens with one attached hydrogen (secondary N) is 1. The highest BCUT2D eigenvalue weighted by molar-refractivity contribution is 5.66. The molecular formula is C8H18N2O4. The highest BCUT2D eigenvalue weighted by atomic mass is 16.7. The van der Waals surface area contributed by atoms with Gasteiger partial charge in [-0.3, -0.25) is 4.84 Å². The second kappa shape index (κ2) is 6.58. The summed E-state index contributed by atoms with van der Waals surface area (Å²) in [6, 6.07) is 0. The van der Waals surface area contributed by atoms with Gasteiger partial charge in [0.15, 0.2) is 0 Å². The average Bonchev–Trinajstić information content (AvgIpc) is 2.00. The van der Waals surface area contributed by atoms with E-state index < -0.39 is 11.7 Å². The molecule has 0 saturated heterocycles. The van der Waals surface area contributed by atoms with Crippen LogP contribution >= 0.6 is 0 Å². The molecule has 0 aromatic rings. The van der Waals surface area contributed by atoms with E-state index in [1.807, 2.05) is 0 Å². The van der Waals surface area contributed by atoms with Crippen molar-refractivity contribution >= 4 is 6.09 Å². The van der Waals surface area contributed by atoms with Crippen molar-refractivity contribution in [2.24, 2.45) is 5.90 Å². The quantitative estimate of drug-likeness (QED) is 0.511. The molecule has 0 unspecified atom stereocenters. The smallest absolute Gasteiger partial charge is 0.431 e. The molecule has 14 heavy (non-hydrogen) atoms. The van der Waals surface area contributed by atoms with Crippen LogP contribution in [0.5, 0.6) is 0 Å². The Balaban J connectivity index is 3.36. The van der Waals surface area contributed by atoms with Crippen molar-refractivity contribution in [1.82, 2.24) is 5.48 Å². The molecule has 3 N–H and O–H groups in total. The van der Waals surface area contributed by atoms with Crippen LogP contribution in [-0.4, -0.2) is 24.9 Å². The fourth-order valence-corrected chi connectivity index (χ4v) is 0.623. The van der Waals surface area contributed by atoms with Crippen molar-refractivity contribution in [3.63, 3.8) is 0 Å². The molecule has 0 radical (unpaired) electrons. The number of ether oxygens (including phenoxy) is 1. The van der Waals surface area contributed by atoms with Crippen LogP contribution in [0.15, 0.2) is 0 Å². The van der Waals surface area contributed by atoms with E-state index in [1.54, 1.807) is 20.8 Å². The molecule has 0 aliphatic carbocycles. The zero-order chi connectivity index (χ0) is 11.0. The Morgan fingerprint density at radius 1 is 1.36 bits per heavy atom. The van der Waals surface area contributed by atoms with Crippen LogP contribution < -0.4 is 11.4 Å². The number of carbonyl (C=O) groups excluding carboxylic acids is 1. The van der Waals surface area contributed by atoms with Gasteiger partial charge >= 0.3 is 6.09 Å². The highest BCUT2D eigenvalue weighted by Crippen LogP contribution is 2.06. The van der Waals surface area contributed by atoms with E-state index in [0.717, 1.165) is 0 Å². The van der Waals surface area contributed by atoms with Crippen LogP contribution in [0.3, 0.4) is 0 Å². The maximum atomic E-state index is 11.0. The van der Waals surface area contributed by atoms with Crippen LogP contribution in [-0.2, 0) is 14.4 Å². The molecule has 0 bridgehead atoms. The average molecular weight is 206 g/mol. The zero-order valence-electron chi connectivity index (χ0n) is 8.83. The predicted octanol–water partition coefficient (Wildman–Crippen LogP) is 0.723. The third kappa shape index (κ3) is 9.24. The van der Waals surface area contributed by atoms with Crippen LogP contribution in [0.2, 0.25) is 0 Å². The van der Waals surface area contributed by atoms with Crippen molar-refractivity contribution in [3.05, 3.63) is 0 Å². The molecule has 0 rings (SSSR count). The first-order chi connectivity index (χ1) is 6.45. The summed E-state index contributed by atoms with van der Waals surface area (Å²) in [6.45, 7) is 6.03. The molecule has 1 amide bonds. The number of hydrogen-bond acceptors (Lipinski definition) is 5. The van der Waals surface area contributed by atoms with Gasteiger partial charge in [0.1, 0.15) is 5.60 Å². The topological polar surface area (TPSA) is 82.8 Å². The van der Waals surface area contributed by atoms with E-state index in [0.29, 0.717) is 19.6 Å². The third-order valence-electron chi connectivity index (χ3n) is 1.06. The van der Waals surface area contributed by atoms with Crippen molar-refractivity contribution in [2.75, 3.05) is 13.2 Å². The molecular weight excluding hydrogens is 188 g/mol. The maximum absolute atomic E-state index is 11.0. The van der Waals surface area contributed by atoms with Gasteiger partial charge in [-0.2, -0.15) is 5.48 Å². The molecule has 6 heteroatoms. The lowest BCUT2D eigenvalue weighted by atomic mass is 10.2. The largest absolute Gasteiger partial charge is 0.442 e. The Morgan fingerprint density at radius 3 is 2.50 bits per heavy atom. The Kier molecular flexibility index (Phi) is 6.18. The Labute approximate surface area is 83.6 Å². The number of hydroxylamine groups is 1. The third-order valence-corrected chi connectivity index (χ3v) is 1.06. The lowest BCUT2D eigenvalue weighted by molar-refractivity contribution is -0.0134. The molecule has 0 aromatic heterocycles. The van der Waals surface area contributed by atoms with Gasteiger partial charge < -0.3 is 9.57 Å². The molecule has 84 valence electrons. The minimum atomic E-state index is -0.605. The summed E-state index contributed by atoms with van der Waals surface area (Å²) in [5, 5.41) is 0. The molecule has 6 nitrogen and oxygen atoms in total. The number of amides is 1. The van der Waals surface area contributed by atoms with Crippen LogP contribution in [0, 0.1) is 0 Å². The van der Waals surface area contributed by atoms with Gasteiger partial charge in [0.25, 0.3) is 0 Å². The number of nitrogens with two attached hydrogens (primary N) is 1. The van der Waals surface area contributed by atoms with Crippen LogP contribution in [0.25, 0.3) is 0 Å². The van der Waals surface area contributed by atoms with E-state index >= 15 is 0 Å². The number of carbonyl (C=O) groups is 1. The number of rotatable bonds is 5. The van der Waals surface area contributed by atoms with E-state index in [-0.39, 0.29) is 0 Å². The SMILES string of the molecule is CC(C)(C)OC(=O)NOCCCON. The van der Waals surface area contributed by atoms with Crippen LogP contribution in [0.4, 0.5) is 4.79 Å². The van der Waals surface area contributed by atoms with Crippen molar-refractivity contribution in [3.8, 4) is 0 Å². The lowest BCUT2D eigenvalue weighted by Crippen LogP contribution is -2.32. The summed E-state index contributed by atoms with van der Waals surface area (Å²) in [5.74, 6) is 4.79. The van der Waals surface area contributed by atoms with Crippen LogP contribution in [0.1, 0.15) is 27.2 Å². The second-order valence-corrected chi connectivity index (χ2v) is 3.68. The predicted molar refractivity (Wildman–Crippen MR) is 50.1 cm³/mol. The standard InChI is InChI=1S/C8H18N2O4/c1-8(2,3)14-7(11)10-13-6-4-5-12-9/h4-6,9H2,1-3H3,(H,10,11). The lowest BCUT2D eigenvalue weighted by Gasteiger charge is -2.19. The molecule has 0 atom stereocenters. The second-order valence-electron chi connectivity index (χ2n) is 3.68. The fraction of sp³-hybridized carbons (Fsp3) is 0.875. The van der Waals surface area contributed by atoms with Gasteiger partial charge in [0.2, 0.25) is 0 Å². The summed E-state index contributed by atoms with van der Waals surface area (Å²) in [7, 11) is 0. The van der Waals surface area contributed by atoms with Crippen molar-refractivity contribution < 1.29 is 19.2 Å². The summed E-state index contributed by atoms with van der Waals surface area (Å²) in [5.41, 5.74) is 1.62.